The molecule has 174 valence electrons. The average Bonchev–Trinajstić information content (AvgIpc) is 3.09. The van der Waals surface area contributed by atoms with E-state index in [1.54, 1.807) is 0 Å². The Balaban J connectivity index is 1.83. The number of piperazine rings is 1. The largest absolute Gasteiger partial charge is 0.355 e. The Bertz CT molecular complexity index is 893. The fourth-order valence-electron chi connectivity index (χ4n) is 3.27. The van der Waals surface area contributed by atoms with Gasteiger partial charge in [-0.2, -0.15) is 0 Å². The van der Waals surface area contributed by atoms with Crippen molar-refractivity contribution in [2.75, 3.05) is 46.7 Å². The number of carbonyl (C=O) groups excluding carboxylic acids is 5. The van der Waals surface area contributed by atoms with Crippen molar-refractivity contribution in [3.05, 3.63) is 0 Å². The second kappa shape index (κ2) is 10.7. The van der Waals surface area contributed by atoms with Gasteiger partial charge in [-0.1, -0.05) is 0 Å². The highest BCUT2D eigenvalue weighted by atomic mass is 16.7. The zero-order valence-corrected chi connectivity index (χ0v) is 17.7. The maximum atomic E-state index is 13.0. The number of likely N-dealkylation sites (N-methyl/N-ethyl adjacent to an activating group) is 2. The number of hydroxylamine groups is 2. The van der Waals surface area contributed by atoms with E-state index < -0.39 is 55.0 Å². The van der Waals surface area contributed by atoms with Gasteiger partial charge in [0.05, 0.1) is 11.8 Å². The molecule has 2 fully saturated rings. The van der Waals surface area contributed by atoms with Crippen LogP contribution in [0.25, 0.3) is 0 Å². The third-order valence-corrected chi connectivity index (χ3v) is 5.29. The Morgan fingerprint density at radius 1 is 1.06 bits per heavy atom. The summed E-state index contributed by atoms with van der Waals surface area (Å²) in [6.45, 7) is -2.31. The highest BCUT2D eigenvalue weighted by molar-refractivity contribution is 6.01. The Morgan fingerprint density at radius 2 is 1.74 bits per heavy atom. The van der Waals surface area contributed by atoms with Gasteiger partial charge in [-0.05, 0) is 27.8 Å². The summed E-state index contributed by atoms with van der Waals surface area (Å²) in [6, 6.07) is -0.927. The van der Waals surface area contributed by atoms with Gasteiger partial charge in [-0.25, -0.2) is 4.79 Å². The Kier molecular flexibility index (Phi) is 5.88. The smallest absolute Gasteiger partial charge is 0.334 e. The molecule has 0 bridgehead atoms. The molecule has 0 aromatic carbocycles. The van der Waals surface area contributed by atoms with Crippen molar-refractivity contribution in [1.29, 1.82) is 0 Å². The van der Waals surface area contributed by atoms with Crippen molar-refractivity contribution in [3.63, 3.8) is 0 Å². The van der Waals surface area contributed by atoms with E-state index in [-0.39, 0.29) is 58.4 Å². The van der Waals surface area contributed by atoms with Gasteiger partial charge in [-0.15, -0.1) is 5.06 Å². The third-order valence-electron chi connectivity index (χ3n) is 5.29. The van der Waals surface area contributed by atoms with Crippen LogP contribution in [0.1, 0.15) is 47.8 Å². The molecule has 0 radical (unpaired) electrons. The van der Waals surface area contributed by atoms with E-state index in [4.69, 9.17) is 13.1 Å². The summed E-state index contributed by atoms with van der Waals surface area (Å²) in [7, 11) is 0. The Hall–Kier alpha value is -2.53. The zero-order chi connectivity index (χ0) is 28.2. The number of rotatable bonds is 9. The van der Waals surface area contributed by atoms with Crippen LogP contribution in [0.2, 0.25) is 0 Å². The standard InChI is InChI=1S/C20H33N5O6/c1-20(2,14-13-23(3)11-12-24(14)4)19(30)22-9-7-15(26)21-10-8-18(29)31-25-16(27)5-6-17(25)28/h14H,5-13H2,1-4H3,(H,21,26)(H,22,30)/i3D3,4D3. The number of hydrogen-bond donors (Lipinski definition) is 2. The lowest BCUT2D eigenvalue weighted by Crippen LogP contribution is -2.60. The molecule has 2 aliphatic heterocycles. The molecule has 0 aromatic heterocycles. The van der Waals surface area contributed by atoms with E-state index in [9.17, 15) is 24.0 Å². The maximum absolute atomic E-state index is 13.0. The Labute approximate surface area is 190 Å². The van der Waals surface area contributed by atoms with Gasteiger partial charge in [0, 0.05) is 66.3 Å². The fourth-order valence-corrected chi connectivity index (χ4v) is 3.27. The van der Waals surface area contributed by atoms with Gasteiger partial charge in [0.25, 0.3) is 11.8 Å². The van der Waals surface area contributed by atoms with Crippen LogP contribution in [0.3, 0.4) is 0 Å². The summed E-state index contributed by atoms with van der Waals surface area (Å²) in [6.07, 6.45) is -0.486. The number of carbonyl (C=O) groups is 5. The molecule has 11 nitrogen and oxygen atoms in total. The van der Waals surface area contributed by atoms with Gasteiger partial charge in [0.2, 0.25) is 11.8 Å². The summed E-state index contributed by atoms with van der Waals surface area (Å²) in [5.41, 5.74) is -1.30. The van der Waals surface area contributed by atoms with E-state index in [2.05, 4.69) is 10.6 Å². The van der Waals surface area contributed by atoms with E-state index in [1.165, 1.54) is 18.7 Å². The molecule has 1 unspecified atom stereocenters. The number of nitrogens with zero attached hydrogens (tertiary/aromatic N) is 3. The first kappa shape index (κ1) is 17.1. The van der Waals surface area contributed by atoms with Crippen LogP contribution in [0.15, 0.2) is 0 Å². The molecule has 0 aromatic rings. The Morgan fingerprint density at radius 3 is 2.39 bits per heavy atom. The van der Waals surface area contributed by atoms with Crippen molar-refractivity contribution in [2.45, 2.75) is 45.6 Å². The van der Waals surface area contributed by atoms with E-state index in [0.29, 0.717) is 5.06 Å². The SMILES string of the molecule is [2H]C([2H])([2H])N1CCN(C([2H])([2H])[2H])C(C(C)(C)C(=O)NCCC(=O)NCCC(=O)ON2C(=O)CCC2=O)C1. The van der Waals surface area contributed by atoms with E-state index in [1.807, 2.05) is 0 Å². The van der Waals surface area contributed by atoms with Crippen molar-refractivity contribution in [2.24, 2.45) is 5.41 Å². The lowest BCUT2D eigenvalue weighted by atomic mass is 9.81. The summed E-state index contributed by atoms with van der Waals surface area (Å²) < 4.78 is 46.4. The zero-order valence-electron chi connectivity index (χ0n) is 23.7. The molecule has 1 atom stereocenters. The van der Waals surface area contributed by atoms with Crippen LogP contribution >= 0.6 is 0 Å². The first-order valence-corrected chi connectivity index (χ1v) is 10.1. The summed E-state index contributed by atoms with van der Waals surface area (Å²) in [5.74, 6) is -3.12. The highest BCUT2D eigenvalue weighted by Crippen LogP contribution is 2.27. The van der Waals surface area contributed by atoms with E-state index in [0.717, 1.165) is 4.90 Å². The number of hydrogen-bond acceptors (Lipinski definition) is 8. The molecule has 4 amide bonds. The summed E-state index contributed by atoms with van der Waals surface area (Å²) >= 11 is 0. The second-order valence-corrected chi connectivity index (χ2v) is 8.03. The second-order valence-electron chi connectivity index (χ2n) is 8.03. The number of amides is 4. The minimum Gasteiger partial charge on any atom is -0.355 e. The van der Waals surface area contributed by atoms with Crippen LogP contribution < -0.4 is 10.6 Å². The van der Waals surface area contributed by atoms with Gasteiger partial charge in [-0.3, -0.25) is 24.1 Å². The first-order chi connectivity index (χ1) is 16.9. The van der Waals surface area contributed by atoms with Crippen LogP contribution in [-0.4, -0.2) is 97.2 Å². The van der Waals surface area contributed by atoms with Crippen LogP contribution in [0, 0.1) is 5.41 Å². The predicted octanol–water partition coefficient (Wildman–Crippen LogP) is -1.12. The topological polar surface area (TPSA) is 128 Å². The normalized spacial score (nSPS) is 24.3. The van der Waals surface area contributed by atoms with Crippen molar-refractivity contribution in [1.82, 2.24) is 25.5 Å². The lowest BCUT2D eigenvalue weighted by Gasteiger charge is -2.45. The number of nitrogens with one attached hydrogen (secondary N) is 2. The molecule has 2 N–H and O–H groups in total. The molecule has 31 heavy (non-hydrogen) atoms. The van der Waals surface area contributed by atoms with Gasteiger partial charge >= 0.3 is 5.97 Å². The van der Waals surface area contributed by atoms with Crippen LogP contribution in [-0.2, 0) is 28.8 Å². The van der Waals surface area contributed by atoms with Crippen molar-refractivity contribution in [3.8, 4) is 0 Å². The van der Waals surface area contributed by atoms with Crippen molar-refractivity contribution < 1.29 is 37.0 Å². The molecular weight excluding hydrogens is 406 g/mol. The molecular formula is C20H33N5O6. The van der Waals surface area contributed by atoms with Gasteiger partial charge in [0.1, 0.15) is 0 Å². The molecule has 0 spiro atoms. The molecule has 2 aliphatic rings. The fraction of sp³-hybridized carbons (Fsp3) is 0.750. The quantitative estimate of drug-likeness (QED) is 0.427. The molecule has 2 saturated heterocycles. The van der Waals surface area contributed by atoms with Crippen LogP contribution in [0.5, 0.6) is 0 Å². The summed E-state index contributed by atoms with van der Waals surface area (Å²) in [4.78, 5) is 66.7. The number of imide groups is 1. The molecule has 11 heteroatoms. The minimum absolute atomic E-state index is 0.0153. The molecule has 2 heterocycles. The van der Waals surface area contributed by atoms with Gasteiger partial charge in [0.15, 0.2) is 0 Å². The first-order valence-electron chi connectivity index (χ1n) is 13.1. The molecule has 0 aliphatic carbocycles. The van der Waals surface area contributed by atoms with E-state index >= 15 is 0 Å². The third kappa shape index (κ3) is 6.73. The lowest BCUT2D eigenvalue weighted by molar-refractivity contribution is -0.197. The van der Waals surface area contributed by atoms with Gasteiger partial charge < -0.3 is 20.4 Å². The minimum atomic E-state index is -2.53. The average molecular weight is 446 g/mol. The van der Waals surface area contributed by atoms with Crippen molar-refractivity contribution >= 4 is 29.6 Å². The van der Waals surface area contributed by atoms with Crippen LogP contribution in [0.4, 0.5) is 0 Å². The molecule has 0 saturated carbocycles. The molecule has 2 rings (SSSR count). The maximum Gasteiger partial charge on any atom is 0.334 e. The highest BCUT2D eigenvalue weighted by Gasteiger charge is 2.41. The summed E-state index contributed by atoms with van der Waals surface area (Å²) in [5, 5.41) is 5.46. The predicted molar refractivity (Wildman–Crippen MR) is 110 cm³/mol. The monoisotopic (exact) mass is 445 g/mol.